The molecule has 0 unspecified atom stereocenters. The van der Waals surface area contributed by atoms with E-state index in [-0.39, 0.29) is 74.8 Å². The van der Waals surface area contributed by atoms with Crippen LogP contribution in [0, 0.1) is 11.2 Å². The van der Waals surface area contributed by atoms with E-state index in [1.807, 2.05) is 13.8 Å². The SMILES string of the molecule is C=CC(=O)N1[C@H](C)CN(c2nc(=O)n3c4c(c(-c5ccc(F)c6[nH]c(=O)[nH]c56)c(C(F)(F)F)cc24)SCC2(CSC2)C3)C[C@@H]1C. The molecule has 0 radical (unpaired) electrons. The maximum Gasteiger partial charge on any atom is 0.417 e. The van der Waals surface area contributed by atoms with E-state index in [4.69, 9.17) is 0 Å². The number of benzene rings is 2. The number of hydrogen-bond donors (Lipinski definition) is 2. The fraction of sp³-hybridized carbons (Fsp3) is 0.400. The average molecular weight is 661 g/mol. The Bertz CT molecular complexity index is 2020. The molecule has 2 aromatic carbocycles. The van der Waals surface area contributed by atoms with Crippen LogP contribution in [0.25, 0.3) is 33.1 Å². The van der Waals surface area contributed by atoms with Crippen LogP contribution in [0.5, 0.6) is 0 Å². The van der Waals surface area contributed by atoms with Crippen LogP contribution >= 0.6 is 23.5 Å². The molecule has 0 saturated carbocycles. The molecule has 5 heterocycles. The number of hydrogen-bond acceptors (Lipinski definition) is 7. The first-order valence-corrected chi connectivity index (χ1v) is 16.5. The highest BCUT2D eigenvalue weighted by Gasteiger charge is 2.44. The summed E-state index contributed by atoms with van der Waals surface area (Å²) in [5.74, 6) is 1.02. The van der Waals surface area contributed by atoms with Gasteiger partial charge in [0, 0.05) is 75.8 Å². The Labute approximate surface area is 262 Å². The molecule has 7 rings (SSSR count). The van der Waals surface area contributed by atoms with Crippen molar-refractivity contribution < 1.29 is 22.4 Å². The van der Waals surface area contributed by atoms with Crippen molar-refractivity contribution in [2.24, 2.45) is 5.41 Å². The lowest BCUT2D eigenvalue weighted by Gasteiger charge is -2.44. The van der Waals surface area contributed by atoms with Gasteiger partial charge in [-0.05, 0) is 38.1 Å². The summed E-state index contributed by atoms with van der Waals surface area (Å²) in [6, 6.07) is 2.62. The molecule has 3 aliphatic rings. The zero-order valence-corrected chi connectivity index (χ0v) is 25.9. The smallest absolute Gasteiger partial charge is 0.352 e. The maximum absolute atomic E-state index is 15.1. The number of anilines is 1. The number of amides is 1. The summed E-state index contributed by atoms with van der Waals surface area (Å²) in [5.41, 5.74) is -2.85. The van der Waals surface area contributed by atoms with Gasteiger partial charge in [-0.15, -0.1) is 11.8 Å². The number of alkyl halides is 3. The maximum atomic E-state index is 15.1. The second kappa shape index (κ2) is 10.4. The zero-order chi connectivity index (χ0) is 32.0. The number of piperazine rings is 1. The third-order valence-corrected chi connectivity index (χ3v) is 12.0. The van der Waals surface area contributed by atoms with Crippen molar-refractivity contribution in [3.63, 3.8) is 0 Å². The molecule has 3 aliphatic heterocycles. The average Bonchev–Trinajstić information content (AvgIpc) is 3.25. The van der Waals surface area contributed by atoms with Crippen molar-refractivity contribution >= 4 is 57.2 Å². The highest BCUT2D eigenvalue weighted by Crippen LogP contribution is 2.53. The quantitative estimate of drug-likeness (QED) is 0.239. The van der Waals surface area contributed by atoms with Crippen molar-refractivity contribution in [2.45, 2.75) is 43.5 Å². The Morgan fingerprint density at radius 1 is 1.11 bits per heavy atom. The van der Waals surface area contributed by atoms with Crippen molar-refractivity contribution in [3.8, 4) is 11.1 Å². The summed E-state index contributed by atoms with van der Waals surface area (Å²) in [4.78, 5) is 51.5. The Morgan fingerprint density at radius 2 is 1.80 bits per heavy atom. The number of imidazole rings is 1. The fourth-order valence-corrected chi connectivity index (χ4v) is 9.81. The molecule has 4 aromatic rings. The van der Waals surface area contributed by atoms with Crippen LogP contribution in [0.3, 0.4) is 0 Å². The predicted molar refractivity (Wildman–Crippen MR) is 168 cm³/mol. The molecule has 236 valence electrons. The fourth-order valence-electron chi connectivity index (χ4n) is 6.92. The van der Waals surface area contributed by atoms with Gasteiger partial charge in [-0.25, -0.2) is 14.0 Å². The number of aromatic nitrogens is 4. The number of carbonyl (C=O) groups excluding carboxylic acids is 1. The minimum atomic E-state index is -4.86. The molecule has 2 atom stereocenters. The lowest BCUT2D eigenvalue weighted by molar-refractivity contribution is -0.137. The van der Waals surface area contributed by atoms with Crippen molar-refractivity contribution in [1.29, 1.82) is 0 Å². The number of thioether (sulfide) groups is 2. The van der Waals surface area contributed by atoms with Crippen molar-refractivity contribution in [3.05, 3.63) is 63.2 Å². The third-order valence-electron chi connectivity index (χ3n) is 8.89. The summed E-state index contributed by atoms with van der Waals surface area (Å²) < 4.78 is 61.7. The number of fused-ring (bicyclic) bond motifs is 1. The first kappa shape index (κ1) is 30.0. The lowest BCUT2D eigenvalue weighted by Crippen LogP contribution is -2.58. The Balaban J connectivity index is 1.55. The molecule has 2 saturated heterocycles. The molecule has 45 heavy (non-hydrogen) atoms. The van der Waals surface area contributed by atoms with Gasteiger partial charge in [0.2, 0.25) is 5.91 Å². The van der Waals surface area contributed by atoms with Gasteiger partial charge in [-0.1, -0.05) is 6.58 Å². The lowest BCUT2D eigenvalue weighted by atomic mass is 9.93. The second-order valence-corrected chi connectivity index (χ2v) is 14.1. The van der Waals surface area contributed by atoms with Gasteiger partial charge in [0.15, 0.2) is 0 Å². The van der Waals surface area contributed by atoms with Gasteiger partial charge in [0.25, 0.3) is 0 Å². The van der Waals surface area contributed by atoms with Gasteiger partial charge >= 0.3 is 17.6 Å². The van der Waals surface area contributed by atoms with Crippen LogP contribution in [0.15, 0.2) is 45.3 Å². The van der Waals surface area contributed by atoms with E-state index in [2.05, 4.69) is 21.5 Å². The normalized spacial score (nSPS) is 21.3. The summed E-state index contributed by atoms with van der Waals surface area (Å²) in [7, 11) is 0. The van der Waals surface area contributed by atoms with Crippen LogP contribution in [0.2, 0.25) is 0 Å². The number of H-pyrrole nitrogens is 2. The highest BCUT2D eigenvalue weighted by molar-refractivity contribution is 8.01. The number of nitrogens with zero attached hydrogens (tertiary/aromatic N) is 4. The molecule has 2 aromatic heterocycles. The summed E-state index contributed by atoms with van der Waals surface area (Å²) in [6.07, 6.45) is -3.63. The van der Waals surface area contributed by atoms with E-state index in [9.17, 15) is 18.8 Å². The first-order valence-electron chi connectivity index (χ1n) is 14.3. The van der Waals surface area contributed by atoms with E-state index in [0.717, 1.165) is 23.6 Å². The van der Waals surface area contributed by atoms with E-state index < -0.39 is 28.9 Å². The third kappa shape index (κ3) is 4.68. The van der Waals surface area contributed by atoms with E-state index >= 15 is 13.2 Å². The minimum Gasteiger partial charge on any atom is -0.352 e. The van der Waals surface area contributed by atoms with Crippen LogP contribution in [0.4, 0.5) is 23.4 Å². The van der Waals surface area contributed by atoms with Gasteiger partial charge in [-0.3, -0.25) is 9.36 Å². The molecule has 1 spiro atoms. The van der Waals surface area contributed by atoms with Gasteiger partial charge in [0.1, 0.15) is 17.2 Å². The zero-order valence-electron chi connectivity index (χ0n) is 24.3. The number of halogens is 4. The van der Waals surface area contributed by atoms with Gasteiger partial charge in [0.05, 0.1) is 16.6 Å². The predicted octanol–water partition coefficient (Wildman–Crippen LogP) is 4.84. The topological polar surface area (TPSA) is 107 Å². The van der Waals surface area contributed by atoms with E-state index in [1.54, 1.807) is 21.6 Å². The number of nitrogens with one attached hydrogen (secondary N) is 2. The summed E-state index contributed by atoms with van der Waals surface area (Å²) >= 11 is 2.96. The molecule has 0 bridgehead atoms. The number of aromatic amines is 2. The number of carbonyl (C=O) groups is 1. The number of rotatable bonds is 3. The molecular formula is C30H28F4N6O3S2. The van der Waals surface area contributed by atoms with Gasteiger partial charge in [-0.2, -0.15) is 29.9 Å². The molecule has 0 aliphatic carbocycles. The summed E-state index contributed by atoms with van der Waals surface area (Å²) in [6.45, 7) is 8.02. The van der Waals surface area contributed by atoms with Crippen LogP contribution in [0.1, 0.15) is 19.4 Å². The van der Waals surface area contributed by atoms with E-state index in [1.165, 1.54) is 28.5 Å². The standard InChI is InChI=1S/C30H28F4N6O3S2/c1-4-20(41)40-14(2)8-38(9-15(40)3)26-17-7-18(30(32,33)34)21(16-5-6-19(31)23-22(16)35-27(42)36-23)25-24(17)39(28(43)37-26)10-29(13-45-25)11-44-12-29/h4-7,14-15H,1,8-13H2,2-3H3,(H2,35,36,42)/t14-,15+. The molecular weight excluding hydrogens is 632 g/mol. The van der Waals surface area contributed by atoms with Crippen LogP contribution in [-0.4, -0.2) is 72.8 Å². The van der Waals surface area contributed by atoms with Crippen LogP contribution < -0.4 is 16.3 Å². The highest BCUT2D eigenvalue weighted by atomic mass is 32.2. The molecule has 15 heteroatoms. The van der Waals surface area contributed by atoms with Crippen molar-refractivity contribution in [1.82, 2.24) is 24.4 Å². The molecule has 9 nitrogen and oxygen atoms in total. The first-order chi connectivity index (χ1) is 21.3. The minimum absolute atomic E-state index is 0.00318. The Morgan fingerprint density at radius 3 is 2.42 bits per heavy atom. The Kier molecular flexibility index (Phi) is 6.93. The monoisotopic (exact) mass is 660 g/mol. The van der Waals surface area contributed by atoms with E-state index in [0.29, 0.717) is 17.8 Å². The second-order valence-electron chi connectivity index (χ2n) is 12.1. The van der Waals surface area contributed by atoms with Crippen molar-refractivity contribution in [2.75, 3.05) is 35.2 Å². The summed E-state index contributed by atoms with van der Waals surface area (Å²) in [5, 5.41) is 0.168. The Hall–Kier alpha value is -3.72. The molecule has 1 amide bonds. The van der Waals surface area contributed by atoms with Gasteiger partial charge < -0.3 is 19.8 Å². The molecule has 2 N–H and O–H groups in total. The molecule has 2 fully saturated rings. The largest absolute Gasteiger partial charge is 0.417 e. The van der Waals surface area contributed by atoms with Crippen LogP contribution in [-0.2, 0) is 17.5 Å².